The van der Waals surface area contributed by atoms with Crippen LogP contribution in [-0.2, 0) is 9.53 Å². The molecule has 0 heterocycles. The molecular formula is C20H40O2. The highest BCUT2D eigenvalue weighted by Crippen LogP contribution is 2.23. The second-order valence-corrected chi connectivity index (χ2v) is 6.74. The van der Waals surface area contributed by atoms with Crippen LogP contribution < -0.4 is 0 Å². The number of hydrogen-bond acceptors (Lipinski definition) is 2. The smallest absolute Gasteiger partial charge is 0.305 e. The maximum Gasteiger partial charge on any atom is 0.305 e. The largest absolute Gasteiger partial charge is 0.469 e. The molecule has 0 aromatic heterocycles. The Kier molecular flexibility index (Phi) is 16.4. The molecule has 0 fully saturated rings. The van der Waals surface area contributed by atoms with E-state index in [2.05, 4.69) is 13.8 Å². The van der Waals surface area contributed by atoms with Gasteiger partial charge in [0.1, 0.15) is 0 Å². The lowest BCUT2D eigenvalue weighted by molar-refractivity contribution is -0.140. The average molecular weight is 313 g/mol. The molecule has 0 amide bonds. The van der Waals surface area contributed by atoms with Gasteiger partial charge in [-0.25, -0.2) is 0 Å². The zero-order valence-electron chi connectivity index (χ0n) is 15.5. The first-order chi connectivity index (χ1) is 10.7. The average Bonchev–Trinajstić information content (AvgIpc) is 2.53. The van der Waals surface area contributed by atoms with Gasteiger partial charge in [0, 0.05) is 6.42 Å². The van der Waals surface area contributed by atoms with Gasteiger partial charge in [0.25, 0.3) is 0 Å². The molecule has 0 aliphatic carbocycles. The lowest BCUT2D eigenvalue weighted by Crippen LogP contribution is -2.05. The van der Waals surface area contributed by atoms with Crippen LogP contribution >= 0.6 is 0 Å². The first-order valence-corrected chi connectivity index (χ1v) is 9.81. The summed E-state index contributed by atoms with van der Waals surface area (Å²) < 4.78 is 4.74. The molecule has 0 atom stereocenters. The molecule has 132 valence electrons. The first kappa shape index (κ1) is 21.5. The molecule has 0 unspecified atom stereocenters. The van der Waals surface area contributed by atoms with Gasteiger partial charge in [-0.2, -0.15) is 0 Å². The van der Waals surface area contributed by atoms with Gasteiger partial charge in [0.05, 0.1) is 7.11 Å². The zero-order valence-corrected chi connectivity index (χ0v) is 15.5. The molecule has 0 rings (SSSR count). The van der Waals surface area contributed by atoms with E-state index in [9.17, 15) is 4.79 Å². The molecule has 0 saturated heterocycles. The van der Waals surface area contributed by atoms with E-state index in [4.69, 9.17) is 4.74 Å². The molecule has 2 nitrogen and oxygen atoms in total. The zero-order chi connectivity index (χ0) is 16.5. The van der Waals surface area contributed by atoms with E-state index < -0.39 is 0 Å². The van der Waals surface area contributed by atoms with E-state index in [1.807, 2.05) is 0 Å². The third kappa shape index (κ3) is 14.4. The van der Waals surface area contributed by atoms with Crippen LogP contribution in [0.15, 0.2) is 0 Å². The fourth-order valence-corrected chi connectivity index (χ4v) is 3.14. The monoisotopic (exact) mass is 312 g/mol. The van der Waals surface area contributed by atoms with Crippen molar-refractivity contribution in [2.45, 2.75) is 110 Å². The Morgan fingerprint density at radius 1 is 0.727 bits per heavy atom. The summed E-state index contributed by atoms with van der Waals surface area (Å²) in [6.45, 7) is 4.54. The van der Waals surface area contributed by atoms with Crippen molar-refractivity contribution in [3.63, 3.8) is 0 Å². The fraction of sp³-hybridized carbons (Fsp3) is 0.950. The van der Waals surface area contributed by atoms with Crippen molar-refractivity contribution < 1.29 is 9.53 Å². The Balaban J connectivity index is 3.83. The van der Waals surface area contributed by atoms with Crippen molar-refractivity contribution >= 4 is 5.97 Å². The molecular weight excluding hydrogens is 272 g/mol. The minimum Gasteiger partial charge on any atom is -0.469 e. The standard InChI is InChI=1S/C20H40O2/c1-4-6-8-10-12-15-19(16-13-11-9-7-5-2)17-14-18-20(21)22-3/h19H,4-18H2,1-3H3. The van der Waals surface area contributed by atoms with Crippen LogP contribution in [0.5, 0.6) is 0 Å². The van der Waals surface area contributed by atoms with Gasteiger partial charge < -0.3 is 4.74 Å². The molecule has 2 heteroatoms. The maximum atomic E-state index is 11.2. The van der Waals surface area contributed by atoms with E-state index in [1.54, 1.807) is 0 Å². The highest BCUT2D eigenvalue weighted by molar-refractivity contribution is 5.68. The number of hydrogen-bond donors (Lipinski definition) is 0. The van der Waals surface area contributed by atoms with Crippen LogP contribution in [0.1, 0.15) is 110 Å². The third-order valence-electron chi connectivity index (χ3n) is 4.65. The van der Waals surface area contributed by atoms with Gasteiger partial charge in [-0.05, 0) is 18.8 Å². The van der Waals surface area contributed by atoms with Gasteiger partial charge in [0.15, 0.2) is 0 Å². The third-order valence-corrected chi connectivity index (χ3v) is 4.65. The van der Waals surface area contributed by atoms with Crippen molar-refractivity contribution in [1.29, 1.82) is 0 Å². The summed E-state index contributed by atoms with van der Waals surface area (Å²) in [7, 11) is 1.49. The highest BCUT2D eigenvalue weighted by atomic mass is 16.5. The summed E-state index contributed by atoms with van der Waals surface area (Å²) in [6, 6.07) is 0. The Bertz CT molecular complexity index is 224. The summed E-state index contributed by atoms with van der Waals surface area (Å²) in [5.74, 6) is 0.776. The summed E-state index contributed by atoms with van der Waals surface area (Å²) in [6.07, 6.45) is 19.2. The Hall–Kier alpha value is -0.530. The molecule has 0 spiro atoms. The van der Waals surface area contributed by atoms with Crippen molar-refractivity contribution in [1.82, 2.24) is 0 Å². The first-order valence-electron chi connectivity index (χ1n) is 9.81. The molecule has 0 aliphatic rings. The number of ether oxygens (including phenoxy) is 1. The predicted molar refractivity (Wildman–Crippen MR) is 96.1 cm³/mol. The lowest BCUT2D eigenvalue weighted by Gasteiger charge is -2.16. The van der Waals surface area contributed by atoms with Gasteiger partial charge in [-0.1, -0.05) is 90.9 Å². The van der Waals surface area contributed by atoms with E-state index in [0.29, 0.717) is 6.42 Å². The SMILES string of the molecule is CCCCCCCC(CCCCCCC)CCCC(=O)OC. The van der Waals surface area contributed by atoms with Crippen LogP contribution in [-0.4, -0.2) is 13.1 Å². The van der Waals surface area contributed by atoms with Crippen LogP contribution in [0, 0.1) is 5.92 Å². The predicted octanol–water partition coefficient (Wildman–Crippen LogP) is 6.67. The topological polar surface area (TPSA) is 26.3 Å². The highest BCUT2D eigenvalue weighted by Gasteiger charge is 2.10. The van der Waals surface area contributed by atoms with Crippen molar-refractivity contribution in [3.05, 3.63) is 0 Å². The van der Waals surface area contributed by atoms with E-state index in [0.717, 1.165) is 12.3 Å². The summed E-state index contributed by atoms with van der Waals surface area (Å²) in [4.78, 5) is 11.2. The summed E-state index contributed by atoms with van der Waals surface area (Å²) in [5, 5.41) is 0. The summed E-state index contributed by atoms with van der Waals surface area (Å²) >= 11 is 0. The fourth-order valence-electron chi connectivity index (χ4n) is 3.14. The lowest BCUT2D eigenvalue weighted by atomic mass is 9.90. The Labute approximate surface area is 139 Å². The minimum atomic E-state index is -0.0513. The molecule has 0 aromatic rings. The van der Waals surface area contributed by atoms with E-state index in [1.165, 1.54) is 90.6 Å². The number of rotatable bonds is 16. The maximum absolute atomic E-state index is 11.2. The number of unbranched alkanes of at least 4 members (excludes halogenated alkanes) is 8. The number of carbonyl (C=O) groups excluding carboxylic acids is 1. The molecule has 0 radical (unpaired) electrons. The molecule has 0 saturated carbocycles. The van der Waals surface area contributed by atoms with Gasteiger partial charge in [-0.3, -0.25) is 4.79 Å². The Morgan fingerprint density at radius 2 is 1.18 bits per heavy atom. The minimum absolute atomic E-state index is 0.0513. The van der Waals surface area contributed by atoms with Crippen LogP contribution in [0.2, 0.25) is 0 Å². The van der Waals surface area contributed by atoms with Crippen molar-refractivity contribution in [2.24, 2.45) is 5.92 Å². The normalized spacial score (nSPS) is 11.1. The van der Waals surface area contributed by atoms with Crippen LogP contribution in [0.4, 0.5) is 0 Å². The molecule has 0 bridgehead atoms. The molecule has 0 aromatic carbocycles. The molecule has 0 N–H and O–H groups in total. The molecule has 22 heavy (non-hydrogen) atoms. The second kappa shape index (κ2) is 16.8. The quantitative estimate of drug-likeness (QED) is 0.235. The number of esters is 1. The van der Waals surface area contributed by atoms with Crippen LogP contribution in [0.3, 0.4) is 0 Å². The van der Waals surface area contributed by atoms with Crippen molar-refractivity contribution in [3.8, 4) is 0 Å². The van der Waals surface area contributed by atoms with E-state index >= 15 is 0 Å². The van der Waals surface area contributed by atoms with Crippen molar-refractivity contribution in [2.75, 3.05) is 7.11 Å². The second-order valence-electron chi connectivity index (χ2n) is 6.74. The van der Waals surface area contributed by atoms with Gasteiger partial charge in [0.2, 0.25) is 0 Å². The summed E-state index contributed by atoms with van der Waals surface area (Å²) in [5.41, 5.74) is 0. The number of carbonyl (C=O) groups is 1. The number of methoxy groups -OCH3 is 1. The van der Waals surface area contributed by atoms with Gasteiger partial charge >= 0.3 is 5.97 Å². The molecule has 0 aliphatic heterocycles. The van der Waals surface area contributed by atoms with Gasteiger partial charge in [-0.15, -0.1) is 0 Å². The van der Waals surface area contributed by atoms with Crippen LogP contribution in [0.25, 0.3) is 0 Å². The Morgan fingerprint density at radius 3 is 1.64 bits per heavy atom. The van der Waals surface area contributed by atoms with E-state index in [-0.39, 0.29) is 5.97 Å².